The van der Waals surface area contributed by atoms with Crippen molar-refractivity contribution in [3.8, 4) is 0 Å². The molecule has 0 aliphatic carbocycles. The van der Waals surface area contributed by atoms with Crippen LogP contribution in [-0.4, -0.2) is 52.6 Å². The Labute approximate surface area is 164 Å². The molecule has 0 bridgehead atoms. The van der Waals surface area contributed by atoms with E-state index in [1.165, 1.54) is 13.3 Å². The second-order valence-corrected chi connectivity index (χ2v) is 7.30. The van der Waals surface area contributed by atoms with Gasteiger partial charge in [0, 0.05) is 23.3 Å². The Morgan fingerprint density at radius 1 is 1.24 bits per heavy atom. The summed E-state index contributed by atoms with van der Waals surface area (Å²) in [5.74, 6) is 0. The molecule has 0 unspecified atom stereocenters. The Kier molecular flexibility index (Phi) is 4.82. The lowest BCUT2D eigenvalue weighted by Crippen LogP contribution is -2.47. The smallest absolute Gasteiger partial charge is 0.263 e. The van der Waals surface area contributed by atoms with Crippen molar-refractivity contribution >= 4 is 11.0 Å². The summed E-state index contributed by atoms with van der Waals surface area (Å²) in [6.45, 7) is 3.12. The summed E-state index contributed by atoms with van der Waals surface area (Å²) >= 11 is 0. The second kappa shape index (κ2) is 7.06. The first-order valence-corrected chi connectivity index (χ1v) is 8.98. The molecule has 0 aromatic carbocycles. The van der Waals surface area contributed by atoms with Crippen LogP contribution in [-0.2, 0) is 4.74 Å². The fraction of sp³-hybridized carbons (Fsp3) is 0.421. The summed E-state index contributed by atoms with van der Waals surface area (Å²) in [6, 6.07) is 3.95. The molecule has 1 fully saturated rings. The van der Waals surface area contributed by atoms with Gasteiger partial charge in [-0.2, -0.15) is 0 Å². The Hall–Kier alpha value is -2.53. The van der Waals surface area contributed by atoms with E-state index in [0.29, 0.717) is 5.65 Å². The predicted molar refractivity (Wildman–Crippen MR) is 97.0 cm³/mol. The molecule has 1 aliphatic heterocycles. The van der Waals surface area contributed by atoms with Crippen molar-refractivity contribution in [3.05, 3.63) is 53.9 Å². The Bertz CT molecular complexity index is 1040. The molecule has 0 amide bonds. The lowest BCUT2D eigenvalue weighted by Gasteiger charge is -2.29. The number of pyridine rings is 1. The minimum atomic E-state index is -2.73. The van der Waals surface area contributed by atoms with Crippen molar-refractivity contribution in [1.82, 2.24) is 19.5 Å². The number of hydrogen-bond acceptors (Lipinski definition) is 7. The fourth-order valence-corrected chi connectivity index (χ4v) is 3.65. The van der Waals surface area contributed by atoms with E-state index < -0.39 is 36.6 Å². The van der Waals surface area contributed by atoms with E-state index in [9.17, 15) is 24.1 Å². The molecule has 0 radical (unpaired) electrons. The maximum atomic E-state index is 13.0. The minimum Gasteiger partial charge on any atom is -0.385 e. The number of nitrogens with zero attached hydrogens (tertiary/aromatic N) is 4. The van der Waals surface area contributed by atoms with Crippen molar-refractivity contribution in [2.45, 2.75) is 50.4 Å². The van der Waals surface area contributed by atoms with Crippen LogP contribution in [0.4, 0.5) is 8.78 Å². The molecule has 1 aliphatic rings. The predicted octanol–water partition coefficient (Wildman–Crippen LogP) is 1.82. The summed E-state index contributed by atoms with van der Waals surface area (Å²) in [5.41, 5.74) is -1.06. The van der Waals surface area contributed by atoms with Crippen molar-refractivity contribution in [3.63, 3.8) is 0 Å². The highest BCUT2D eigenvalue weighted by Gasteiger charge is 2.56. The number of aliphatic hydroxyl groups excluding tert-OH is 2. The van der Waals surface area contributed by atoms with Gasteiger partial charge in [0.05, 0.1) is 11.4 Å². The first-order valence-electron chi connectivity index (χ1n) is 8.98. The highest BCUT2D eigenvalue weighted by molar-refractivity contribution is 5.78. The van der Waals surface area contributed by atoms with Crippen LogP contribution in [0.5, 0.6) is 0 Å². The van der Waals surface area contributed by atoms with Crippen LogP contribution < -0.4 is 0 Å². The van der Waals surface area contributed by atoms with Gasteiger partial charge in [0.1, 0.15) is 35.9 Å². The molecular weight excluding hydrogens is 386 g/mol. The van der Waals surface area contributed by atoms with Gasteiger partial charge in [-0.25, -0.2) is 18.7 Å². The van der Waals surface area contributed by atoms with E-state index >= 15 is 0 Å². The minimum absolute atomic E-state index is 0.0866. The lowest BCUT2D eigenvalue weighted by atomic mass is 9.89. The summed E-state index contributed by atoms with van der Waals surface area (Å²) < 4.78 is 33.3. The summed E-state index contributed by atoms with van der Waals surface area (Å²) in [5, 5.41) is 33.1. The van der Waals surface area contributed by atoms with E-state index in [-0.39, 0.29) is 11.3 Å². The van der Waals surface area contributed by atoms with Crippen molar-refractivity contribution in [2.75, 3.05) is 0 Å². The van der Waals surface area contributed by atoms with Gasteiger partial charge >= 0.3 is 0 Å². The van der Waals surface area contributed by atoms with Gasteiger partial charge in [-0.3, -0.25) is 4.98 Å². The first-order chi connectivity index (χ1) is 13.7. The quantitative estimate of drug-likeness (QED) is 0.606. The number of fused-ring (bicyclic) bond motifs is 1. The molecule has 3 N–H and O–H groups in total. The third-order valence-electron chi connectivity index (χ3n) is 5.36. The lowest BCUT2D eigenvalue weighted by molar-refractivity contribution is -0.116. The van der Waals surface area contributed by atoms with Gasteiger partial charge in [0.25, 0.3) is 6.43 Å². The maximum absolute atomic E-state index is 13.0. The van der Waals surface area contributed by atoms with Gasteiger partial charge in [0.2, 0.25) is 0 Å². The Morgan fingerprint density at radius 3 is 2.72 bits per heavy atom. The largest absolute Gasteiger partial charge is 0.385 e. The van der Waals surface area contributed by atoms with Crippen molar-refractivity contribution in [2.24, 2.45) is 0 Å². The van der Waals surface area contributed by atoms with Crippen molar-refractivity contribution < 1.29 is 28.8 Å². The van der Waals surface area contributed by atoms with Gasteiger partial charge < -0.3 is 24.6 Å². The number of aromatic nitrogens is 4. The molecule has 29 heavy (non-hydrogen) atoms. The number of rotatable bonds is 4. The Balaban J connectivity index is 1.69. The van der Waals surface area contributed by atoms with Gasteiger partial charge in [0.15, 0.2) is 6.23 Å². The van der Waals surface area contributed by atoms with Crippen LogP contribution in [0.1, 0.15) is 42.6 Å². The molecule has 0 saturated carbocycles. The number of aliphatic hydroxyl groups is 3. The summed E-state index contributed by atoms with van der Waals surface area (Å²) in [4.78, 5) is 12.2. The zero-order valence-electron chi connectivity index (χ0n) is 15.6. The molecular formula is C19H20F2N4O4. The van der Waals surface area contributed by atoms with Crippen LogP contribution in [0.3, 0.4) is 0 Å². The third kappa shape index (κ3) is 3.18. The van der Waals surface area contributed by atoms with Gasteiger partial charge in [-0.1, -0.05) is 0 Å². The molecule has 10 heteroatoms. The van der Waals surface area contributed by atoms with Crippen LogP contribution in [0.25, 0.3) is 11.0 Å². The number of alkyl halides is 2. The number of aryl methyl sites for hydroxylation is 1. The average molecular weight is 406 g/mol. The number of hydrogen-bond donors (Lipinski definition) is 3. The standard InChI is InChI=1S/C19H20F2N4O4/c1-9-11-4-6-25(17(11)24-8-23-9)18-14(27)19(2,28)15(29-18)13(26)12-7-10(16(20)21)3-5-22-12/h3-8,13-16,18,26-28H,1-2H3/t13-,14-,15+,18+,19-/m0/s1. The summed E-state index contributed by atoms with van der Waals surface area (Å²) in [7, 11) is 0. The first kappa shape index (κ1) is 19.8. The normalized spacial score (nSPS) is 28.3. The molecule has 4 heterocycles. The molecule has 0 spiro atoms. The zero-order valence-corrected chi connectivity index (χ0v) is 15.6. The molecule has 3 aromatic heterocycles. The second-order valence-electron chi connectivity index (χ2n) is 7.30. The SMILES string of the molecule is Cc1ncnc2c1ccn2[C@@H]1O[C@H]([C@@H](O)c2cc(C(F)F)ccn2)[C@@](C)(O)[C@H]1O. The van der Waals surface area contributed by atoms with Gasteiger partial charge in [-0.05, 0) is 32.0 Å². The van der Waals surface area contributed by atoms with Crippen LogP contribution in [0.15, 0.2) is 36.9 Å². The fourth-order valence-electron chi connectivity index (χ4n) is 3.65. The van der Waals surface area contributed by atoms with Gasteiger partial charge in [-0.15, -0.1) is 0 Å². The average Bonchev–Trinajstić information content (AvgIpc) is 3.22. The highest BCUT2D eigenvalue weighted by Crippen LogP contribution is 2.43. The molecule has 4 rings (SSSR count). The maximum Gasteiger partial charge on any atom is 0.263 e. The number of halogens is 2. The van der Waals surface area contributed by atoms with E-state index in [4.69, 9.17) is 4.74 Å². The monoisotopic (exact) mass is 406 g/mol. The summed E-state index contributed by atoms with van der Waals surface area (Å²) in [6.07, 6.45) is -3.91. The molecule has 154 valence electrons. The Morgan fingerprint density at radius 2 is 2.00 bits per heavy atom. The van der Waals surface area contributed by atoms with Crippen LogP contribution in [0, 0.1) is 6.92 Å². The number of ether oxygens (including phenoxy) is 1. The molecule has 8 nitrogen and oxygen atoms in total. The van der Waals surface area contributed by atoms with E-state index in [2.05, 4.69) is 15.0 Å². The molecule has 5 atom stereocenters. The molecule has 1 saturated heterocycles. The topological polar surface area (TPSA) is 114 Å². The highest BCUT2D eigenvalue weighted by atomic mass is 19.3. The van der Waals surface area contributed by atoms with E-state index in [0.717, 1.165) is 29.4 Å². The third-order valence-corrected chi connectivity index (χ3v) is 5.36. The van der Waals surface area contributed by atoms with E-state index in [1.807, 2.05) is 6.92 Å². The van der Waals surface area contributed by atoms with E-state index in [1.54, 1.807) is 16.8 Å². The van der Waals surface area contributed by atoms with Crippen LogP contribution in [0.2, 0.25) is 0 Å². The molecule has 3 aromatic rings. The van der Waals surface area contributed by atoms with Crippen LogP contribution >= 0.6 is 0 Å². The zero-order chi connectivity index (χ0) is 20.9. The van der Waals surface area contributed by atoms with Crippen molar-refractivity contribution in [1.29, 1.82) is 0 Å².